The van der Waals surface area contributed by atoms with Crippen molar-refractivity contribution < 1.29 is 0 Å². The van der Waals surface area contributed by atoms with Crippen LogP contribution in [-0.4, -0.2) is 4.83 Å². The van der Waals surface area contributed by atoms with E-state index in [4.69, 9.17) is 0 Å². The summed E-state index contributed by atoms with van der Waals surface area (Å²) in [5.74, 6) is 0. The molecule has 0 saturated heterocycles. The van der Waals surface area contributed by atoms with E-state index < -0.39 is 0 Å². The first-order valence-corrected chi connectivity index (χ1v) is 3.94. The fourth-order valence-electron chi connectivity index (χ4n) is 0.493. The van der Waals surface area contributed by atoms with Crippen molar-refractivity contribution in [2.45, 2.75) is 31.5 Å². The topological polar surface area (TPSA) is 0 Å². The van der Waals surface area contributed by atoms with E-state index in [1.54, 1.807) is 0 Å². The van der Waals surface area contributed by atoms with E-state index in [1.807, 2.05) is 0 Å². The molecule has 1 atom stereocenters. The number of hydrogen-bond acceptors (Lipinski definition) is 0. The average Bonchev–Trinajstić information content (AvgIpc) is 1.66. The van der Waals surface area contributed by atoms with Gasteiger partial charge in [-0.3, -0.25) is 0 Å². The van der Waals surface area contributed by atoms with Crippen LogP contribution in [0.3, 0.4) is 0 Å². The van der Waals surface area contributed by atoms with Crippen LogP contribution in [0.1, 0.15) is 26.7 Å². The van der Waals surface area contributed by atoms with Gasteiger partial charge < -0.3 is 0 Å². The molecule has 0 fully saturated rings. The molecule has 0 bridgehead atoms. The van der Waals surface area contributed by atoms with E-state index in [0.29, 0.717) is 4.83 Å². The molecule has 0 aromatic carbocycles. The van der Waals surface area contributed by atoms with Gasteiger partial charge in [-0.05, 0) is 19.8 Å². The highest BCUT2D eigenvalue weighted by Gasteiger charge is 1.89. The minimum atomic E-state index is 0.665. The standard InChI is InChI=1S/C7H13Br/c1-3-4-5-6-7(2)8/h3-4,7H,5-6H2,1-2H3. The van der Waals surface area contributed by atoms with Crippen molar-refractivity contribution in [2.75, 3.05) is 0 Å². The Kier molecular flexibility index (Phi) is 5.51. The molecule has 0 nitrogen and oxygen atoms in total. The zero-order valence-electron chi connectivity index (χ0n) is 5.52. The van der Waals surface area contributed by atoms with Crippen molar-refractivity contribution in [1.29, 1.82) is 0 Å². The molecule has 0 aromatic heterocycles. The summed E-state index contributed by atoms with van der Waals surface area (Å²) in [5.41, 5.74) is 0. The van der Waals surface area contributed by atoms with Crippen LogP contribution in [0, 0.1) is 0 Å². The molecule has 0 aliphatic heterocycles. The van der Waals surface area contributed by atoms with Crippen LogP contribution in [0.4, 0.5) is 0 Å². The van der Waals surface area contributed by atoms with E-state index in [9.17, 15) is 0 Å². The Labute approximate surface area is 60.1 Å². The molecular weight excluding hydrogens is 164 g/mol. The van der Waals surface area contributed by atoms with E-state index >= 15 is 0 Å². The third-order valence-electron chi connectivity index (χ3n) is 0.967. The van der Waals surface area contributed by atoms with Crippen LogP contribution in [0.15, 0.2) is 12.2 Å². The molecule has 0 rings (SSSR count). The predicted molar refractivity (Wildman–Crippen MR) is 42.4 cm³/mol. The van der Waals surface area contributed by atoms with Gasteiger partial charge in [-0.2, -0.15) is 0 Å². The lowest BCUT2D eigenvalue weighted by molar-refractivity contribution is 0.843. The molecule has 0 aliphatic rings. The minimum Gasteiger partial charge on any atom is -0.0917 e. The lowest BCUT2D eigenvalue weighted by Gasteiger charge is -1.95. The largest absolute Gasteiger partial charge is 0.0917 e. The molecule has 1 unspecified atom stereocenters. The van der Waals surface area contributed by atoms with Gasteiger partial charge in [0.25, 0.3) is 0 Å². The van der Waals surface area contributed by atoms with Crippen LogP contribution in [0.25, 0.3) is 0 Å². The molecule has 0 heterocycles. The smallest absolute Gasteiger partial charge is 0.0120 e. The number of halogens is 1. The van der Waals surface area contributed by atoms with Crippen molar-refractivity contribution in [1.82, 2.24) is 0 Å². The molecule has 0 aliphatic carbocycles. The van der Waals surface area contributed by atoms with Crippen LogP contribution < -0.4 is 0 Å². The van der Waals surface area contributed by atoms with Crippen LogP contribution in [0.5, 0.6) is 0 Å². The SMILES string of the molecule is CC=CCCC(C)Br. The minimum absolute atomic E-state index is 0.665. The van der Waals surface area contributed by atoms with E-state index in [-0.39, 0.29) is 0 Å². The maximum atomic E-state index is 3.47. The fourth-order valence-corrected chi connectivity index (χ4v) is 0.757. The Morgan fingerprint density at radius 3 is 2.62 bits per heavy atom. The first-order chi connectivity index (χ1) is 3.77. The molecular formula is C7H13Br. The van der Waals surface area contributed by atoms with E-state index in [2.05, 4.69) is 41.9 Å². The molecule has 0 N–H and O–H groups in total. The van der Waals surface area contributed by atoms with Gasteiger partial charge in [0.2, 0.25) is 0 Å². The summed E-state index contributed by atoms with van der Waals surface area (Å²) in [4.78, 5) is 0.665. The molecule has 8 heavy (non-hydrogen) atoms. The van der Waals surface area contributed by atoms with Gasteiger partial charge >= 0.3 is 0 Å². The number of rotatable bonds is 3. The zero-order chi connectivity index (χ0) is 6.41. The molecule has 0 radical (unpaired) electrons. The number of hydrogen-bond donors (Lipinski definition) is 0. The summed E-state index contributed by atoms with van der Waals surface area (Å²) >= 11 is 3.47. The second kappa shape index (κ2) is 5.36. The molecule has 0 aromatic rings. The van der Waals surface area contributed by atoms with Crippen molar-refractivity contribution in [3.05, 3.63) is 12.2 Å². The van der Waals surface area contributed by atoms with Gasteiger partial charge in [0.15, 0.2) is 0 Å². The molecule has 0 spiro atoms. The Hall–Kier alpha value is 0.220. The van der Waals surface area contributed by atoms with Crippen molar-refractivity contribution in [3.63, 3.8) is 0 Å². The summed E-state index contributed by atoms with van der Waals surface area (Å²) in [6, 6.07) is 0. The molecule has 0 saturated carbocycles. The van der Waals surface area contributed by atoms with Crippen molar-refractivity contribution in [3.8, 4) is 0 Å². The third-order valence-corrected chi connectivity index (χ3v) is 1.42. The summed E-state index contributed by atoms with van der Waals surface area (Å²) < 4.78 is 0. The van der Waals surface area contributed by atoms with Crippen LogP contribution in [-0.2, 0) is 0 Å². The van der Waals surface area contributed by atoms with Crippen molar-refractivity contribution in [2.24, 2.45) is 0 Å². The highest BCUT2D eigenvalue weighted by Crippen LogP contribution is 2.05. The summed E-state index contributed by atoms with van der Waals surface area (Å²) in [5, 5.41) is 0. The Morgan fingerprint density at radius 2 is 2.25 bits per heavy atom. The third kappa shape index (κ3) is 6.22. The normalized spacial score (nSPS) is 14.9. The van der Waals surface area contributed by atoms with E-state index in [1.165, 1.54) is 12.8 Å². The van der Waals surface area contributed by atoms with Crippen LogP contribution >= 0.6 is 15.9 Å². The second-order valence-electron chi connectivity index (χ2n) is 1.93. The first-order valence-electron chi connectivity index (χ1n) is 3.02. The highest BCUT2D eigenvalue weighted by atomic mass is 79.9. The highest BCUT2D eigenvalue weighted by molar-refractivity contribution is 9.09. The molecule has 1 heteroatoms. The molecule has 48 valence electrons. The average molecular weight is 177 g/mol. The van der Waals surface area contributed by atoms with E-state index in [0.717, 1.165) is 0 Å². The zero-order valence-corrected chi connectivity index (χ0v) is 7.11. The molecule has 0 amide bonds. The van der Waals surface area contributed by atoms with Gasteiger partial charge in [0.05, 0.1) is 0 Å². The van der Waals surface area contributed by atoms with Gasteiger partial charge in [-0.15, -0.1) is 0 Å². The Balaban J connectivity index is 2.93. The van der Waals surface area contributed by atoms with Crippen molar-refractivity contribution >= 4 is 15.9 Å². The predicted octanol–water partition coefficient (Wildman–Crippen LogP) is 3.13. The Bertz CT molecular complexity index is 64.8. The monoisotopic (exact) mass is 176 g/mol. The van der Waals surface area contributed by atoms with Crippen LogP contribution in [0.2, 0.25) is 0 Å². The number of alkyl halides is 1. The lowest BCUT2D eigenvalue weighted by atomic mass is 10.2. The fraction of sp³-hybridized carbons (Fsp3) is 0.714. The first kappa shape index (κ1) is 8.22. The summed E-state index contributed by atoms with van der Waals surface area (Å²) in [7, 11) is 0. The Morgan fingerprint density at radius 1 is 1.62 bits per heavy atom. The van der Waals surface area contributed by atoms with Gasteiger partial charge in [0.1, 0.15) is 0 Å². The summed E-state index contributed by atoms with van der Waals surface area (Å²) in [6.07, 6.45) is 6.72. The second-order valence-corrected chi connectivity index (χ2v) is 3.49. The maximum Gasteiger partial charge on any atom is 0.0120 e. The summed E-state index contributed by atoms with van der Waals surface area (Å²) in [6.45, 7) is 4.22. The lowest BCUT2D eigenvalue weighted by Crippen LogP contribution is -1.85. The van der Waals surface area contributed by atoms with Gasteiger partial charge in [-0.1, -0.05) is 35.0 Å². The number of allylic oxidation sites excluding steroid dienone is 2. The maximum absolute atomic E-state index is 3.47. The van der Waals surface area contributed by atoms with Gasteiger partial charge in [0, 0.05) is 4.83 Å². The quantitative estimate of drug-likeness (QED) is 0.459. The van der Waals surface area contributed by atoms with Gasteiger partial charge in [-0.25, -0.2) is 0 Å².